The highest BCUT2D eigenvalue weighted by atomic mass is 19.1. The maximum absolute atomic E-state index is 13.4. The summed E-state index contributed by atoms with van der Waals surface area (Å²) in [5.41, 5.74) is 0.609. The topological polar surface area (TPSA) is 52.7 Å². The van der Waals surface area contributed by atoms with E-state index in [1.807, 2.05) is 19.0 Å². The van der Waals surface area contributed by atoms with Crippen molar-refractivity contribution in [2.75, 3.05) is 26.0 Å². The van der Waals surface area contributed by atoms with Crippen LogP contribution in [0.25, 0.3) is 0 Å². The van der Waals surface area contributed by atoms with Crippen LogP contribution in [0.2, 0.25) is 0 Å². The minimum Gasteiger partial charge on any atom is -0.325 e. The number of fused-ring (bicyclic) bond motifs is 2. The van der Waals surface area contributed by atoms with E-state index in [1.54, 1.807) is 4.90 Å². The summed E-state index contributed by atoms with van der Waals surface area (Å²) >= 11 is 0. The Balaban J connectivity index is 2.01. The first-order chi connectivity index (χ1) is 9.47. The van der Waals surface area contributed by atoms with Crippen molar-refractivity contribution >= 4 is 17.5 Å². The van der Waals surface area contributed by atoms with Gasteiger partial charge in [0.2, 0.25) is 5.91 Å². The predicted octanol–water partition coefficient (Wildman–Crippen LogP) is 0.922. The van der Waals surface area contributed by atoms with Crippen LogP contribution in [0.15, 0.2) is 18.2 Å². The maximum Gasteiger partial charge on any atom is 0.256 e. The second kappa shape index (κ2) is 4.56. The summed E-state index contributed by atoms with van der Waals surface area (Å²) in [6.45, 7) is 0.486. The maximum atomic E-state index is 13.4. The molecule has 0 saturated carbocycles. The third-order valence-corrected chi connectivity index (χ3v) is 4.04. The van der Waals surface area contributed by atoms with Gasteiger partial charge in [-0.2, -0.15) is 0 Å². The van der Waals surface area contributed by atoms with Gasteiger partial charge in [-0.3, -0.25) is 9.59 Å². The molecule has 2 aliphatic rings. The third kappa shape index (κ3) is 1.96. The third-order valence-electron chi connectivity index (χ3n) is 4.04. The van der Waals surface area contributed by atoms with E-state index >= 15 is 0 Å². The molecule has 6 heteroatoms. The molecule has 3 rings (SSSR count). The van der Waals surface area contributed by atoms with E-state index in [4.69, 9.17) is 0 Å². The number of rotatable bonds is 1. The highest BCUT2D eigenvalue weighted by Crippen LogP contribution is 2.30. The first kappa shape index (κ1) is 13.1. The molecule has 2 amide bonds. The number of hydrogen-bond donors (Lipinski definition) is 1. The van der Waals surface area contributed by atoms with Gasteiger partial charge in [0.05, 0.1) is 11.3 Å². The van der Waals surface area contributed by atoms with Crippen LogP contribution in [-0.2, 0) is 4.79 Å². The fourth-order valence-corrected chi connectivity index (χ4v) is 2.83. The van der Waals surface area contributed by atoms with Crippen molar-refractivity contribution in [3.05, 3.63) is 29.6 Å². The molecule has 20 heavy (non-hydrogen) atoms. The number of carbonyl (C=O) groups excluding carboxylic acids is 2. The molecule has 2 atom stereocenters. The standard InChI is InChI=1S/C14H16FN3O2/c1-17(2)9-6-12-13(19)16-11-4-3-8(15)5-10(11)14(20)18(12)7-9/h3-5,9,12H,6-7H2,1-2H3,(H,16,19)/t9-,12+/m1/s1. The van der Waals surface area contributed by atoms with Crippen molar-refractivity contribution in [2.45, 2.75) is 18.5 Å². The number of halogens is 1. The molecule has 106 valence electrons. The Morgan fingerprint density at radius 3 is 2.80 bits per heavy atom. The quantitative estimate of drug-likeness (QED) is 0.830. The zero-order valence-corrected chi connectivity index (χ0v) is 11.4. The van der Waals surface area contributed by atoms with Crippen LogP contribution in [0.4, 0.5) is 10.1 Å². The van der Waals surface area contributed by atoms with Crippen LogP contribution in [0.3, 0.4) is 0 Å². The first-order valence-electron chi connectivity index (χ1n) is 6.55. The molecule has 0 bridgehead atoms. The van der Waals surface area contributed by atoms with Crippen LogP contribution in [-0.4, -0.2) is 54.3 Å². The van der Waals surface area contributed by atoms with Gasteiger partial charge in [0, 0.05) is 12.6 Å². The lowest BCUT2D eigenvalue weighted by molar-refractivity contribution is -0.119. The smallest absolute Gasteiger partial charge is 0.256 e. The van der Waals surface area contributed by atoms with Crippen molar-refractivity contribution < 1.29 is 14.0 Å². The molecule has 1 aromatic carbocycles. The minimum absolute atomic E-state index is 0.143. The lowest BCUT2D eigenvalue weighted by Crippen LogP contribution is -2.40. The van der Waals surface area contributed by atoms with Crippen LogP contribution in [0, 0.1) is 5.82 Å². The summed E-state index contributed by atoms with van der Waals surface area (Å²) in [6.07, 6.45) is 0.598. The average Bonchev–Trinajstić information content (AvgIpc) is 2.81. The lowest BCUT2D eigenvalue weighted by Gasteiger charge is -2.21. The molecule has 0 spiro atoms. The van der Waals surface area contributed by atoms with Crippen molar-refractivity contribution in [3.8, 4) is 0 Å². The van der Waals surface area contributed by atoms with E-state index in [9.17, 15) is 14.0 Å². The van der Waals surface area contributed by atoms with Gasteiger partial charge in [-0.1, -0.05) is 0 Å². The van der Waals surface area contributed by atoms with Crippen molar-refractivity contribution in [1.29, 1.82) is 0 Å². The number of anilines is 1. The number of nitrogens with one attached hydrogen (secondary N) is 1. The summed E-state index contributed by atoms with van der Waals surface area (Å²) in [7, 11) is 3.85. The zero-order valence-electron chi connectivity index (χ0n) is 11.4. The van der Waals surface area contributed by atoms with Crippen LogP contribution in [0.5, 0.6) is 0 Å². The normalized spacial score (nSPS) is 25.3. The molecule has 1 aromatic rings. The number of likely N-dealkylation sites (N-methyl/N-ethyl adjacent to an activating group) is 1. The number of benzene rings is 1. The second-order valence-electron chi connectivity index (χ2n) is 5.51. The fraction of sp³-hybridized carbons (Fsp3) is 0.429. The molecule has 5 nitrogen and oxygen atoms in total. The van der Waals surface area contributed by atoms with Crippen LogP contribution >= 0.6 is 0 Å². The molecule has 0 aliphatic carbocycles. The Morgan fingerprint density at radius 1 is 1.35 bits per heavy atom. The number of hydrogen-bond acceptors (Lipinski definition) is 3. The molecule has 2 aliphatic heterocycles. The monoisotopic (exact) mass is 277 g/mol. The Bertz CT molecular complexity index is 588. The molecular formula is C14H16FN3O2. The number of amides is 2. The molecule has 2 heterocycles. The molecule has 0 radical (unpaired) electrons. The summed E-state index contributed by atoms with van der Waals surface area (Å²) < 4.78 is 13.4. The number of carbonyl (C=O) groups is 2. The Labute approximate surface area is 116 Å². The van der Waals surface area contributed by atoms with Gasteiger partial charge in [-0.05, 0) is 38.7 Å². The highest BCUT2D eigenvalue weighted by molar-refractivity contribution is 6.10. The van der Waals surface area contributed by atoms with Gasteiger partial charge in [-0.15, -0.1) is 0 Å². The van der Waals surface area contributed by atoms with E-state index in [0.717, 1.165) is 0 Å². The van der Waals surface area contributed by atoms with Gasteiger partial charge in [-0.25, -0.2) is 4.39 Å². The summed E-state index contributed by atoms with van der Waals surface area (Å²) in [5.74, 6) is -0.964. The summed E-state index contributed by atoms with van der Waals surface area (Å²) in [6, 6.07) is 3.52. The predicted molar refractivity (Wildman–Crippen MR) is 71.9 cm³/mol. The van der Waals surface area contributed by atoms with Crippen LogP contribution < -0.4 is 5.32 Å². The molecule has 1 saturated heterocycles. The largest absolute Gasteiger partial charge is 0.325 e. The molecule has 0 aromatic heterocycles. The Hall–Kier alpha value is -1.95. The van der Waals surface area contributed by atoms with Gasteiger partial charge < -0.3 is 15.1 Å². The summed E-state index contributed by atoms with van der Waals surface area (Å²) in [5, 5.41) is 2.72. The van der Waals surface area contributed by atoms with E-state index in [0.29, 0.717) is 18.7 Å². The lowest BCUT2D eigenvalue weighted by atomic mass is 10.1. The van der Waals surface area contributed by atoms with Crippen molar-refractivity contribution in [2.24, 2.45) is 0 Å². The molecule has 0 unspecified atom stereocenters. The first-order valence-corrected chi connectivity index (χ1v) is 6.55. The summed E-state index contributed by atoms with van der Waals surface area (Å²) in [4.78, 5) is 28.3. The molecule has 1 fully saturated rings. The zero-order chi connectivity index (χ0) is 14.4. The average molecular weight is 277 g/mol. The molecular weight excluding hydrogens is 261 g/mol. The fourth-order valence-electron chi connectivity index (χ4n) is 2.83. The van der Waals surface area contributed by atoms with E-state index in [2.05, 4.69) is 5.32 Å². The van der Waals surface area contributed by atoms with Crippen molar-refractivity contribution in [3.63, 3.8) is 0 Å². The molecule has 1 N–H and O–H groups in total. The van der Waals surface area contributed by atoms with Crippen LogP contribution in [0.1, 0.15) is 16.8 Å². The van der Waals surface area contributed by atoms with Gasteiger partial charge in [0.1, 0.15) is 11.9 Å². The van der Waals surface area contributed by atoms with Gasteiger partial charge in [0.25, 0.3) is 5.91 Å². The van der Waals surface area contributed by atoms with Crippen molar-refractivity contribution in [1.82, 2.24) is 9.80 Å². The van der Waals surface area contributed by atoms with E-state index < -0.39 is 11.9 Å². The highest BCUT2D eigenvalue weighted by Gasteiger charge is 2.43. The van der Waals surface area contributed by atoms with E-state index in [-0.39, 0.29) is 23.4 Å². The van der Waals surface area contributed by atoms with E-state index in [1.165, 1.54) is 18.2 Å². The van der Waals surface area contributed by atoms with Gasteiger partial charge >= 0.3 is 0 Å². The Morgan fingerprint density at radius 2 is 2.10 bits per heavy atom. The van der Waals surface area contributed by atoms with Gasteiger partial charge in [0.15, 0.2) is 0 Å². The SMILES string of the molecule is CN(C)[C@@H]1C[C@H]2C(=O)Nc3ccc(F)cc3C(=O)N2C1. The number of nitrogens with zero attached hydrogens (tertiary/aromatic N) is 2. The Kier molecular flexibility index (Phi) is 2.97. The second-order valence-corrected chi connectivity index (χ2v) is 5.51. The minimum atomic E-state index is -0.481.